The highest BCUT2D eigenvalue weighted by atomic mass is 32.2. The van der Waals surface area contributed by atoms with Gasteiger partial charge in [-0.25, -0.2) is 0 Å². The van der Waals surface area contributed by atoms with Gasteiger partial charge in [-0.3, -0.25) is 4.79 Å². The molecule has 0 saturated carbocycles. The van der Waals surface area contributed by atoms with Crippen LogP contribution in [0.25, 0.3) is 0 Å². The van der Waals surface area contributed by atoms with Gasteiger partial charge in [0.2, 0.25) is 0 Å². The summed E-state index contributed by atoms with van der Waals surface area (Å²) in [5, 5.41) is 17.4. The lowest BCUT2D eigenvalue weighted by molar-refractivity contribution is -0.133. The third-order valence-electron chi connectivity index (χ3n) is 2.03. The van der Waals surface area contributed by atoms with Crippen LogP contribution >= 0.6 is 11.8 Å². The molecule has 1 rings (SSSR count). The minimum atomic E-state index is -0.852. The molecule has 0 radical (unpaired) electrons. The van der Waals surface area contributed by atoms with Crippen molar-refractivity contribution in [2.75, 3.05) is 12.3 Å². The second-order valence-electron chi connectivity index (χ2n) is 4.12. The standard InChI is InChI=1S/C10H18N4O2S/c1-7(2)5-14-8(3-4-11)12-13-10(14)17-6-9(15)16/h7H,3-6,11H2,1-2H3,(H,15,16). The van der Waals surface area contributed by atoms with Crippen molar-refractivity contribution in [3.63, 3.8) is 0 Å². The van der Waals surface area contributed by atoms with Crippen molar-refractivity contribution in [3.05, 3.63) is 5.82 Å². The molecular formula is C10H18N4O2S. The van der Waals surface area contributed by atoms with E-state index in [9.17, 15) is 4.79 Å². The first-order chi connectivity index (χ1) is 8.04. The summed E-state index contributed by atoms with van der Waals surface area (Å²) < 4.78 is 1.96. The second kappa shape index (κ2) is 6.61. The van der Waals surface area contributed by atoms with Crippen LogP contribution < -0.4 is 5.73 Å². The first-order valence-electron chi connectivity index (χ1n) is 5.51. The Morgan fingerprint density at radius 1 is 1.53 bits per heavy atom. The molecule has 17 heavy (non-hydrogen) atoms. The van der Waals surface area contributed by atoms with E-state index in [-0.39, 0.29) is 5.75 Å². The molecule has 6 nitrogen and oxygen atoms in total. The molecule has 1 aromatic heterocycles. The van der Waals surface area contributed by atoms with Gasteiger partial charge in [0, 0.05) is 13.0 Å². The van der Waals surface area contributed by atoms with Gasteiger partial charge in [0.1, 0.15) is 5.82 Å². The highest BCUT2D eigenvalue weighted by Gasteiger charge is 2.14. The number of hydrogen-bond donors (Lipinski definition) is 2. The molecule has 0 bridgehead atoms. The summed E-state index contributed by atoms with van der Waals surface area (Å²) in [4.78, 5) is 10.5. The predicted octanol–water partition coefficient (Wildman–Crippen LogP) is 0.612. The average molecular weight is 258 g/mol. The lowest BCUT2D eigenvalue weighted by atomic mass is 10.2. The normalized spacial score (nSPS) is 11.1. The molecule has 0 spiro atoms. The Morgan fingerprint density at radius 2 is 2.24 bits per heavy atom. The number of thioether (sulfide) groups is 1. The Kier molecular flexibility index (Phi) is 5.43. The lowest BCUT2D eigenvalue weighted by Crippen LogP contribution is -2.14. The van der Waals surface area contributed by atoms with Gasteiger partial charge in [0.25, 0.3) is 0 Å². The Labute approximate surface area is 105 Å². The van der Waals surface area contributed by atoms with Crippen LogP contribution in [0, 0.1) is 5.92 Å². The molecule has 1 heterocycles. The van der Waals surface area contributed by atoms with Crippen molar-refractivity contribution in [2.45, 2.75) is 32.0 Å². The number of carboxylic acids is 1. The van der Waals surface area contributed by atoms with E-state index in [0.29, 0.717) is 24.0 Å². The van der Waals surface area contributed by atoms with Crippen LogP contribution in [0.4, 0.5) is 0 Å². The average Bonchev–Trinajstić information content (AvgIpc) is 2.58. The van der Waals surface area contributed by atoms with Gasteiger partial charge in [-0.2, -0.15) is 0 Å². The topological polar surface area (TPSA) is 94.0 Å². The first kappa shape index (κ1) is 14.0. The number of hydrogen-bond acceptors (Lipinski definition) is 5. The highest BCUT2D eigenvalue weighted by molar-refractivity contribution is 7.99. The first-order valence-corrected chi connectivity index (χ1v) is 6.50. The molecule has 0 fully saturated rings. The van der Waals surface area contributed by atoms with Crippen molar-refractivity contribution in [2.24, 2.45) is 11.7 Å². The fourth-order valence-corrected chi connectivity index (χ4v) is 2.10. The zero-order chi connectivity index (χ0) is 12.8. The fraction of sp³-hybridized carbons (Fsp3) is 0.700. The SMILES string of the molecule is CC(C)Cn1c(CCN)nnc1SCC(=O)O. The molecule has 0 unspecified atom stereocenters. The quantitative estimate of drug-likeness (QED) is 0.696. The summed E-state index contributed by atoms with van der Waals surface area (Å²) in [6.45, 7) is 5.49. The maximum Gasteiger partial charge on any atom is 0.313 e. The summed E-state index contributed by atoms with van der Waals surface area (Å²) in [6.07, 6.45) is 0.660. The van der Waals surface area contributed by atoms with E-state index in [4.69, 9.17) is 10.8 Å². The number of nitrogens with two attached hydrogens (primary N) is 1. The molecule has 0 aliphatic carbocycles. The maximum absolute atomic E-state index is 10.5. The van der Waals surface area contributed by atoms with Crippen LogP contribution in [0.3, 0.4) is 0 Å². The highest BCUT2D eigenvalue weighted by Crippen LogP contribution is 2.18. The van der Waals surface area contributed by atoms with Gasteiger partial charge in [0.05, 0.1) is 5.75 Å². The van der Waals surface area contributed by atoms with Crippen molar-refractivity contribution < 1.29 is 9.90 Å². The summed E-state index contributed by atoms with van der Waals surface area (Å²) in [5.41, 5.74) is 5.51. The van der Waals surface area contributed by atoms with Crippen molar-refractivity contribution in [1.29, 1.82) is 0 Å². The third kappa shape index (κ3) is 4.35. The van der Waals surface area contributed by atoms with E-state index in [2.05, 4.69) is 24.0 Å². The number of aromatic nitrogens is 3. The Bertz CT molecular complexity index is 378. The van der Waals surface area contributed by atoms with E-state index < -0.39 is 5.97 Å². The van der Waals surface area contributed by atoms with E-state index in [1.807, 2.05) is 4.57 Å². The van der Waals surface area contributed by atoms with Crippen LogP contribution in [0.1, 0.15) is 19.7 Å². The molecule has 0 aromatic carbocycles. The van der Waals surface area contributed by atoms with E-state index >= 15 is 0 Å². The van der Waals surface area contributed by atoms with Crippen molar-refractivity contribution >= 4 is 17.7 Å². The van der Waals surface area contributed by atoms with E-state index in [0.717, 1.165) is 12.4 Å². The molecule has 7 heteroatoms. The minimum absolute atomic E-state index is 0.00114. The third-order valence-corrected chi connectivity index (χ3v) is 2.99. The number of nitrogens with zero attached hydrogens (tertiary/aromatic N) is 3. The summed E-state index contributed by atoms with van der Waals surface area (Å²) in [7, 11) is 0. The molecule has 0 amide bonds. The number of carboxylic acid groups (broad SMARTS) is 1. The summed E-state index contributed by atoms with van der Waals surface area (Å²) >= 11 is 1.19. The number of aliphatic carboxylic acids is 1. The van der Waals surface area contributed by atoms with Gasteiger partial charge in [0.15, 0.2) is 5.16 Å². The monoisotopic (exact) mass is 258 g/mol. The molecular weight excluding hydrogens is 240 g/mol. The van der Waals surface area contributed by atoms with Crippen LogP contribution in [0.2, 0.25) is 0 Å². The Hall–Kier alpha value is -1.08. The predicted molar refractivity (Wildman–Crippen MR) is 66.0 cm³/mol. The van der Waals surface area contributed by atoms with E-state index in [1.54, 1.807) is 0 Å². The molecule has 96 valence electrons. The van der Waals surface area contributed by atoms with Crippen LogP contribution in [-0.2, 0) is 17.8 Å². The molecule has 0 saturated heterocycles. The molecule has 0 atom stereocenters. The van der Waals surface area contributed by atoms with Gasteiger partial charge in [-0.05, 0) is 12.5 Å². The zero-order valence-corrected chi connectivity index (χ0v) is 10.9. The molecule has 1 aromatic rings. The van der Waals surface area contributed by atoms with Crippen molar-refractivity contribution in [3.8, 4) is 0 Å². The Balaban J connectivity index is 2.83. The van der Waals surface area contributed by atoms with Crippen LogP contribution in [0.5, 0.6) is 0 Å². The summed E-state index contributed by atoms with van der Waals surface area (Å²) in [6, 6.07) is 0. The molecule has 3 N–H and O–H groups in total. The van der Waals surface area contributed by atoms with Gasteiger partial charge in [-0.15, -0.1) is 10.2 Å². The molecule has 0 aliphatic heterocycles. The van der Waals surface area contributed by atoms with Crippen molar-refractivity contribution in [1.82, 2.24) is 14.8 Å². The summed E-state index contributed by atoms with van der Waals surface area (Å²) in [5.74, 6) is 0.425. The maximum atomic E-state index is 10.5. The Morgan fingerprint density at radius 3 is 2.76 bits per heavy atom. The second-order valence-corrected chi connectivity index (χ2v) is 5.07. The van der Waals surface area contributed by atoms with Crippen LogP contribution in [0.15, 0.2) is 5.16 Å². The lowest BCUT2D eigenvalue weighted by Gasteiger charge is -2.11. The zero-order valence-electron chi connectivity index (χ0n) is 10.1. The van der Waals surface area contributed by atoms with E-state index in [1.165, 1.54) is 11.8 Å². The largest absolute Gasteiger partial charge is 0.481 e. The smallest absolute Gasteiger partial charge is 0.313 e. The fourth-order valence-electron chi connectivity index (χ4n) is 1.41. The van der Waals surface area contributed by atoms with Gasteiger partial charge >= 0.3 is 5.97 Å². The van der Waals surface area contributed by atoms with Gasteiger partial charge < -0.3 is 15.4 Å². The van der Waals surface area contributed by atoms with Gasteiger partial charge in [-0.1, -0.05) is 25.6 Å². The number of carbonyl (C=O) groups is 1. The minimum Gasteiger partial charge on any atom is -0.481 e. The van der Waals surface area contributed by atoms with Crippen LogP contribution in [-0.4, -0.2) is 38.1 Å². The number of rotatable bonds is 7. The molecule has 0 aliphatic rings.